The minimum atomic E-state index is 0.319. The van der Waals surface area contributed by atoms with Crippen molar-refractivity contribution in [1.29, 1.82) is 0 Å². The van der Waals surface area contributed by atoms with Crippen LogP contribution in [0.5, 0.6) is 5.75 Å². The number of phenols is 1. The first kappa shape index (κ1) is 14.1. The second kappa shape index (κ2) is 6.73. The van der Waals surface area contributed by atoms with Crippen LogP contribution in [0.15, 0.2) is 53.0 Å². The lowest BCUT2D eigenvalue weighted by atomic mass is 10.1. The molecule has 0 spiro atoms. The third-order valence-corrected chi connectivity index (χ3v) is 3.57. The molecule has 0 aliphatic heterocycles. The van der Waals surface area contributed by atoms with Crippen LogP contribution in [0.1, 0.15) is 18.1 Å². The second-order valence-electron chi connectivity index (χ2n) is 4.78. The first-order valence-corrected chi connectivity index (χ1v) is 7.18. The van der Waals surface area contributed by atoms with Crippen molar-refractivity contribution in [1.82, 2.24) is 5.32 Å². The highest BCUT2D eigenvalue weighted by atomic mass is 79.9. The summed E-state index contributed by atoms with van der Waals surface area (Å²) in [5.74, 6) is 0.319. The highest BCUT2D eigenvalue weighted by molar-refractivity contribution is 9.10. The number of benzene rings is 2. The van der Waals surface area contributed by atoms with E-state index in [1.54, 1.807) is 12.1 Å². The first-order chi connectivity index (χ1) is 9.13. The molecule has 1 unspecified atom stereocenters. The summed E-state index contributed by atoms with van der Waals surface area (Å²) in [5.41, 5.74) is 2.51. The Balaban J connectivity index is 1.82. The van der Waals surface area contributed by atoms with Gasteiger partial charge in [0.05, 0.1) is 0 Å². The Morgan fingerprint density at radius 3 is 2.21 bits per heavy atom. The zero-order chi connectivity index (χ0) is 13.7. The van der Waals surface area contributed by atoms with Crippen molar-refractivity contribution in [3.05, 3.63) is 64.1 Å². The fraction of sp³-hybridized carbons (Fsp3) is 0.250. The minimum Gasteiger partial charge on any atom is -0.508 e. The lowest BCUT2D eigenvalue weighted by molar-refractivity contribution is 0.474. The maximum Gasteiger partial charge on any atom is 0.115 e. The number of hydrogen-bond acceptors (Lipinski definition) is 2. The van der Waals surface area contributed by atoms with Gasteiger partial charge in [-0.3, -0.25) is 0 Å². The van der Waals surface area contributed by atoms with Crippen LogP contribution in [0.25, 0.3) is 0 Å². The van der Waals surface area contributed by atoms with Crippen LogP contribution in [0.2, 0.25) is 0 Å². The molecule has 2 aromatic rings. The van der Waals surface area contributed by atoms with Crippen molar-refractivity contribution in [3.8, 4) is 5.75 Å². The molecule has 0 aliphatic rings. The molecule has 2 aromatic carbocycles. The molecule has 0 aromatic heterocycles. The normalized spacial score (nSPS) is 12.3. The molecular formula is C16H18BrNO. The van der Waals surface area contributed by atoms with E-state index in [2.05, 4.69) is 52.4 Å². The van der Waals surface area contributed by atoms with E-state index in [1.807, 2.05) is 12.1 Å². The maximum absolute atomic E-state index is 9.25. The molecule has 2 rings (SSSR count). The number of rotatable bonds is 5. The highest BCUT2D eigenvalue weighted by Crippen LogP contribution is 2.12. The van der Waals surface area contributed by atoms with Gasteiger partial charge in [-0.2, -0.15) is 0 Å². The van der Waals surface area contributed by atoms with Crippen LogP contribution >= 0.6 is 15.9 Å². The zero-order valence-electron chi connectivity index (χ0n) is 10.9. The molecule has 2 N–H and O–H groups in total. The smallest absolute Gasteiger partial charge is 0.115 e. The number of halogens is 1. The van der Waals surface area contributed by atoms with Crippen molar-refractivity contribution in [2.75, 3.05) is 0 Å². The Hall–Kier alpha value is -1.32. The van der Waals surface area contributed by atoms with Gasteiger partial charge in [-0.1, -0.05) is 40.2 Å². The van der Waals surface area contributed by atoms with Gasteiger partial charge < -0.3 is 10.4 Å². The molecule has 2 nitrogen and oxygen atoms in total. The SMILES string of the molecule is CC(Cc1ccc(O)cc1)NCc1ccc(Br)cc1. The number of nitrogens with one attached hydrogen (secondary N) is 1. The second-order valence-corrected chi connectivity index (χ2v) is 5.69. The quantitative estimate of drug-likeness (QED) is 0.876. The Kier molecular flexibility index (Phi) is 5.00. The van der Waals surface area contributed by atoms with E-state index in [0.717, 1.165) is 17.4 Å². The van der Waals surface area contributed by atoms with Crippen LogP contribution < -0.4 is 5.32 Å². The van der Waals surface area contributed by atoms with Gasteiger partial charge in [0.25, 0.3) is 0 Å². The van der Waals surface area contributed by atoms with Crippen LogP contribution in [0, 0.1) is 0 Å². The van der Waals surface area contributed by atoms with Crippen LogP contribution in [-0.4, -0.2) is 11.1 Å². The summed E-state index contributed by atoms with van der Waals surface area (Å²) in [6.45, 7) is 3.04. The molecule has 0 saturated carbocycles. The Bertz CT molecular complexity index is 507. The van der Waals surface area contributed by atoms with E-state index in [4.69, 9.17) is 0 Å². The van der Waals surface area contributed by atoms with Gasteiger partial charge in [-0.05, 0) is 48.7 Å². The largest absolute Gasteiger partial charge is 0.508 e. The van der Waals surface area contributed by atoms with Crippen molar-refractivity contribution in [3.63, 3.8) is 0 Å². The molecule has 0 fully saturated rings. The van der Waals surface area contributed by atoms with E-state index in [-0.39, 0.29) is 0 Å². The summed E-state index contributed by atoms with van der Waals surface area (Å²) in [4.78, 5) is 0. The van der Waals surface area contributed by atoms with Gasteiger partial charge in [0.2, 0.25) is 0 Å². The highest BCUT2D eigenvalue weighted by Gasteiger charge is 2.03. The van der Waals surface area contributed by atoms with E-state index < -0.39 is 0 Å². The third kappa shape index (κ3) is 4.69. The van der Waals surface area contributed by atoms with Crippen molar-refractivity contribution in [2.24, 2.45) is 0 Å². The fourth-order valence-corrected chi connectivity index (χ4v) is 2.22. The van der Waals surface area contributed by atoms with Gasteiger partial charge in [0.15, 0.2) is 0 Å². The standard InChI is InChI=1S/C16H18BrNO/c1-12(10-13-4-8-16(19)9-5-13)18-11-14-2-6-15(17)7-3-14/h2-9,12,18-19H,10-11H2,1H3. The zero-order valence-corrected chi connectivity index (χ0v) is 12.5. The van der Waals surface area contributed by atoms with Crippen molar-refractivity contribution < 1.29 is 5.11 Å². The average molecular weight is 320 g/mol. The molecule has 1 atom stereocenters. The fourth-order valence-electron chi connectivity index (χ4n) is 1.95. The van der Waals surface area contributed by atoms with Gasteiger partial charge in [0.1, 0.15) is 5.75 Å². The molecule has 100 valence electrons. The van der Waals surface area contributed by atoms with E-state index in [1.165, 1.54) is 11.1 Å². The molecule has 0 aliphatic carbocycles. The summed E-state index contributed by atoms with van der Waals surface area (Å²) in [6, 6.07) is 16.1. The molecule has 19 heavy (non-hydrogen) atoms. The Morgan fingerprint density at radius 1 is 1.00 bits per heavy atom. The summed E-state index contributed by atoms with van der Waals surface area (Å²) >= 11 is 3.43. The van der Waals surface area contributed by atoms with Crippen LogP contribution in [0.3, 0.4) is 0 Å². The maximum atomic E-state index is 9.25. The third-order valence-electron chi connectivity index (χ3n) is 3.05. The lowest BCUT2D eigenvalue weighted by Crippen LogP contribution is -2.27. The summed E-state index contributed by atoms with van der Waals surface area (Å²) < 4.78 is 1.10. The van der Waals surface area contributed by atoms with Gasteiger partial charge in [0, 0.05) is 17.1 Å². The Labute approximate surface area is 122 Å². The van der Waals surface area contributed by atoms with E-state index >= 15 is 0 Å². The van der Waals surface area contributed by atoms with Gasteiger partial charge in [-0.25, -0.2) is 0 Å². The lowest BCUT2D eigenvalue weighted by Gasteiger charge is -2.14. The van der Waals surface area contributed by atoms with Crippen LogP contribution in [-0.2, 0) is 13.0 Å². The summed E-state index contributed by atoms with van der Waals surface area (Å²) in [7, 11) is 0. The van der Waals surface area contributed by atoms with Crippen molar-refractivity contribution in [2.45, 2.75) is 25.9 Å². The molecule has 0 radical (unpaired) electrons. The Morgan fingerprint density at radius 2 is 1.58 bits per heavy atom. The number of aromatic hydroxyl groups is 1. The topological polar surface area (TPSA) is 32.3 Å². The molecule has 0 amide bonds. The summed E-state index contributed by atoms with van der Waals surface area (Å²) in [6.07, 6.45) is 0.955. The predicted molar refractivity (Wildman–Crippen MR) is 82.3 cm³/mol. The summed E-state index contributed by atoms with van der Waals surface area (Å²) in [5, 5.41) is 12.7. The average Bonchev–Trinajstić information content (AvgIpc) is 2.41. The first-order valence-electron chi connectivity index (χ1n) is 6.39. The van der Waals surface area contributed by atoms with E-state index in [9.17, 15) is 5.11 Å². The molecule has 3 heteroatoms. The predicted octanol–water partition coefficient (Wildman–Crippen LogP) is 3.88. The van der Waals surface area contributed by atoms with Crippen molar-refractivity contribution >= 4 is 15.9 Å². The molecule has 0 heterocycles. The van der Waals surface area contributed by atoms with Gasteiger partial charge >= 0.3 is 0 Å². The number of hydrogen-bond donors (Lipinski definition) is 2. The number of phenolic OH excluding ortho intramolecular Hbond substituents is 1. The van der Waals surface area contributed by atoms with Crippen LogP contribution in [0.4, 0.5) is 0 Å². The van der Waals surface area contributed by atoms with E-state index in [0.29, 0.717) is 11.8 Å². The molecule has 0 saturated heterocycles. The molecule has 0 bridgehead atoms. The minimum absolute atomic E-state index is 0.319. The monoisotopic (exact) mass is 319 g/mol. The van der Waals surface area contributed by atoms with Gasteiger partial charge in [-0.15, -0.1) is 0 Å². The molecular weight excluding hydrogens is 302 g/mol.